The summed E-state index contributed by atoms with van der Waals surface area (Å²) >= 11 is 0. The number of piperidine rings is 1. The van der Waals surface area contributed by atoms with E-state index in [1.807, 2.05) is 0 Å². The second-order valence-corrected chi connectivity index (χ2v) is 5.67. The first kappa shape index (κ1) is 11.0. The summed E-state index contributed by atoms with van der Waals surface area (Å²) in [5.74, 6) is 2.20. The van der Waals surface area contributed by atoms with Crippen LogP contribution in [0.25, 0.3) is 0 Å². The molecule has 0 spiro atoms. The highest BCUT2D eigenvalue weighted by atomic mass is 16.2. The van der Waals surface area contributed by atoms with Crippen molar-refractivity contribution in [3.05, 3.63) is 0 Å². The number of rotatable bonds is 1. The summed E-state index contributed by atoms with van der Waals surface area (Å²) in [5, 5.41) is 0. The molecule has 1 saturated heterocycles. The van der Waals surface area contributed by atoms with Gasteiger partial charge in [0.15, 0.2) is 0 Å². The van der Waals surface area contributed by atoms with Gasteiger partial charge in [-0.25, -0.2) is 0 Å². The van der Waals surface area contributed by atoms with Crippen LogP contribution >= 0.6 is 0 Å². The lowest BCUT2D eigenvalue weighted by atomic mass is 9.91. The van der Waals surface area contributed by atoms with E-state index in [4.69, 9.17) is 0 Å². The summed E-state index contributed by atoms with van der Waals surface area (Å²) in [4.78, 5) is 14.4. The average molecular weight is 209 g/mol. The Morgan fingerprint density at radius 1 is 1.07 bits per heavy atom. The molecule has 0 aromatic rings. The van der Waals surface area contributed by atoms with Gasteiger partial charge >= 0.3 is 0 Å². The van der Waals surface area contributed by atoms with Crippen LogP contribution in [0.5, 0.6) is 0 Å². The fraction of sp³-hybridized carbons (Fsp3) is 0.923. The van der Waals surface area contributed by atoms with E-state index in [0.717, 1.165) is 25.9 Å². The Morgan fingerprint density at radius 2 is 1.60 bits per heavy atom. The van der Waals surface area contributed by atoms with Gasteiger partial charge in [-0.05, 0) is 31.1 Å². The lowest BCUT2D eigenvalue weighted by Gasteiger charge is -2.36. The van der Waals surface area contributed by atoms with Crippen molar-refractivity contribution in [2.24, 2.45) is 17.8 Å². The number of amides is 1. The molecule has 0 N–H and O–H groups in total. The number of carbonyl (C=O) groups excluding carboxylic acids is 1. The Kier molecular flexibility index (Phi) is 3.32. The Balaban J connectivity index is 1.93. The van der Waals surface area contributed by atoms with Gasteiger partial charge in [0.2, 0.25) is 5.91 Å². The summed E-state index contributed by atoms with van der Waals surface area (Å²) in [7, 11) is 0. The van der Waals surface area contributed by atoms with Gasteiger partial charge in [-0.1, -0.05) is 26.7 Å². The van der Waals surface area contributed by atoms with Crippen molar-refractivity contribution in [3.8, 4) is 0 Å². The van der Waals surface area contributed by atoms with Gasteiger partial charge in [-0.15, -0.1) is 0 Å². The number of hydrogen-bond acceptors (Lipinski definition) is 1. The minimum Gasteiger partial charge on any atom is -0.342 e. The molecule has 1 aliphatic heterocycles. The van der Waals surface area contributed by atoms with Crippen molar-refractivity contribution in [2.45, 2.75) is 46.0 Å². The summed E-state index contributed by atoms with van der Waals surface area (Å²) in [6.45, 7) is 6.54. The predicted octanol–water partition coefficient (Wildman–Crippen LogP) is 2.68. The van der Waals surface area contributed by atoms with Crippen LogP contribution in [0.15, 0.2) is 0 Å². The van der Waals surface area contributed by atoms with Crippen LogP contribution in [0.2, 0.25) is 0 Å². The van der Waals surface area contributed by atoms with E-state index in [9.17, 15) is 4.79 Å². The van der Waals surface area contributed by atoms with Crippen molar-refractivity contribution in [2.75, 3.05) is 13.1 Å². The summed E-state index contributed by atoms with van der Waals surface area (Å²) in [6, 6.07) is 0. The highest BCUT2D eigenvalue weighted by Crippen LogP contribution is 2.29. The third-order valence-corrected chi connectivity index (χ3v) is 3.88. The van der Waals surface area contributed by atoms with Gasteiger partial charge in [0.25, 0.3) is 0 Å². The molecule has 2 aliphatic rings. The number of nitrogens with zero attached hydrogens (tertiary/aromatic N) is 1. The Morgan fingerprint density at radius 3 is 2.13 bits per heavy atom. The van der Waals surface area contributed by atoms with Gasteiger partial charge in [0.05, 0.1) is 0 Å². The van der Waals surface area contributed by atoms with Crippen molar-refractivity contribution >= 4 is 5.91 Å². The number of carbonyl (C=O) groups is 1. The first-order valence-corrected chi connectivity index (χ1v) is 6.45. The van der Waals surface area contributed by atoms with Crippen molar-refractivity contribution in [3.63, 3.8) is 0 Å². The SMILES string of the molecule is C[C@@H]1C[C@H](C)CN(C(=O)C2CCCC2)C1. The average Bonchev–Trinajstić information content (AvgIpc) is 2.67. The molecule has 0 radical (unpaired) electrons. The molecule has 1 heterocycles. The van der Waals surface area contributed by atoms with E-state index in [-0.39, 0.29) is 0 Å². The quantitative estimate of drug-likeness (QED) is 0.650. The normalized spacial score (nSPS) is 33.3. The maximum atomic E-state index is 12.2. The van der Waals surface area contributed by atoms with E-state index in [2.05, 4.69) is 18.7 Å². The van der Waals surface area contributed by atoms with Gasteiger partial charge < -0.3 is 4.90 Å². The van der Waals surface area contributed by atoms with Gasteiger partial charge in [0.1, 0.15) is 0 Å². The zero-order chi connectivity index (χ0) is 10.8. The Bertz CT molecular complexity index is 223. The molecule has 2 atom stereocenters. The van der Waals surface area contributed by atoms with Crippen LogP contribution in [0.1, 0.15) is 46.0 Å². The van der Waals surface area contributed by atoms with Crippen LogP contribution < -0.4 is 0 Å². The molecule has 1 aliphatic carbocycles. The molecule has 2 fully saturated rings. The molecule has 1 saturated carbocycles. The largest absolute Gasteiger partial charge is 0.342 e. The summed E-state index contributed by atoms with van der Waals surface area (Å²) in [6.07, 6.45) is 6.08. The Hall–Kier alpha value is -0.530. The molecule has 2 rings (SSSR count). The van der Waals surface area contributed by atoms with Crippen LogP contribution in [-0.4, -0.2) is 23.9 Å². The highest BCUT2D eigenvalue weighted by molar-refractivity contribution is 5.79. The molecule has 2 heteroatoms. The molecule has 15 heavy (non-hydrogen) atoms. The van der Waals surface area contributed by atoms with Crippen LogP contribution in [-0.2, 0) is 4.79 Å². The molecule has 0 aromatic heterocycles. The Labute approximate surface area is 93.0 Å². The smallest absolute Gasteiger partial charge is 0.225 e. The summed E-state index contributed by atoms with van der Waals surface area (Å²) < 4.78 is 0. The molecule has 2 nitrogen and oxygen atoms in total. The molecule has 86 valence electrons. The van der Waals surface area contributed by atoms with Crippen molar-refractivity contribution in [1.29, 1.82) is 0 Å². The zero-order valence-corrected chi connectivity index (χ0v) is 10.0. The van der Waals surface area contributed by atoms with Crippen LogP contribution in [0, 0.1) is 17.8 Å². The second-order valence-electron chi connectivity index (χ2n) is 5.67. The third kappa shape index (κ3) is 2.53. The molecule has 0 aromatic carbocycles. The summed E-state index contributed by atoms with van der Waals surface area (Å²) in [5.41, 5.74) is 0. The molecular weight excluding hydrogens is 186 g/mol. The van der Waals surface area contributed by atoms with Gasteiger partial charge in [0, 0.05) is 19.0 Å². The van der Waals surface area contributed by atoms with Gasteiger partial charge in [-0.2, -0.15) is 0 Å². The number of likely N-dealkylation sites (tertiary alicyclic amines) is 1. The number of hydrogen-bond donors (Lipinski definition) is 0. The maximum Gasteiger partial charge on any atom is 0.225 e. The maximum absolute atomic E-state index is 12.2. The van der Waals surface area contributed by atoms with Crippen LogP contribution in [0.4, 0.5) is 0 Å². The zero-order valence-electron chi connectivity index (χ0n) is 10.0. The van der Waals surface area contributed by atoms with Crippen molar-refractivity contribution in [1.82, 2.24) is 4.90 Å². The van der Waals surface area contributed by atoms with Gasteiger partial charge in [-0.3, -0.25) is 4.79 Å². The van der Waals surface area contributed by atoms with Crippen molar-refractivity contribution < 1.29 is 4.79 Å². The first-order valence-electron chi connectivity index (χ1n) is 6.45. The lowest BCUT2D eigenvalue weighted by molar-refractivity contribution is -0.138. The lowest BCUT2D eigenvalue weighted by Crippen LogP contribution is -2.44. The van der Waals surface area contributed by atoms with Crippen LogP contribution in [0.3, 0.4) is 0 Å². The topological polar surface area (TPSA) is 20.3 Å². The fourth-order valence-corrected chi connectivity index (χ4v) is 3.27. The minimum absolute atomic E-state index is 0.363. The molecule has 0 unspecified atom stereocenters. The standard InChI is InChI=1S/C13H23NO/c1-10-7-11(2)9-14(8-10)13(15)12-5-3-4-6-12/h10-12H,3-9H2,1-2H3/t10-,11+. The second kappa shape index (κ2) is 4.54. The molecular formula is C13H23NO. The third-order valence-electron chi connectivity index (χ3n) is 3.88. The fourth-order valence-electron chi connectivity index (χ4n) is 3.27. The monoisotopic (exact) mass is 209 g/mol. The predicted molar refractivity (Wildman–Crippen MR) is 61.5 cm³/mol. The first-order chi connectivity index (χ1) is 7.16. The molecule has 1 amide bonds. The van der Waals surface area contributed by atoms with E-state index >= 15 is 0 Å². The van der Waals surface area contributed by atoms with E-state index in [1.54, 1.807) is 0 Å². The molecule has 0 bridgehead atoms. The van der Waals surface area contributed by atoms with E-state index < -0.39 is 0 Å². The van der Waals surface area contributed by atoms with E-state index in [1.165, 1.54) is 19.3 Å². The highest BCUT2D eigenvalue weighted by Gasteiger charge is 2.31. The minimum atomic E-state index is 0.363. The van der Waals surface area contributed by atoms with E-state index in [0.29, 0.717) is 23.7 Å².